The van der Waals surface area contributed by atoms with Crippen LogP contribution in [0, 0.1) is 0 Å². The Hall–Kier alpha value is -2.24. The molecular weight excluding hydrogens is 346 g/mol. The van der Waals surface area contributed by atoms with Gasteiger partial charge in [-0.25, -0.2) is 4.98 Å². The summed E-state index contributed by atoms with van der Waals surface area (Å²) in [6.45, 7) is 0.354. The first-order valence-electron chi connectivity index (χ1n) is 7.26. The van der Waals surface area contributed by atoms with E-state index < -0.39 is 0 Å². The number of benzene rings is 2. The van der Waals surface area contributed by atoms with Crippen LogP contribution in [0.4, 0.5) is 0 Å². The summed E-state index contributed by atoms with van der Waals surface area (Å²) < 4.78 is 16.5. The van der Waals surface area contributed by atoms with Gasteiger partial charge >= 0.3 is 0 Å². The smallest absolute Gasteiger partial charge is 0.170 e. The first kappa shape index (κ1) is 16.6. The molecule has 0 aliphatic heterocycles. The van der Waals surface area contributed by atoms with Crippen molar-refractivity contribution >= 4 is 22.9 Å². The lowest BCUT2D eigenvalue weighted by Crippen LogP contribution is -1.97. The summed E-state index contributed by atoms with van der Waals surface area (Å²) in [5.74, 6) is 2.00. The Balaban J connectivity index is 1.80. The van der Waals surface area contributed by atoms with Gasteiger partial charge in [-0.15, -0.1) is 11.3 Å². The average Bonchev–Trinajstić information content (AvgIpc) is 3.09. The molecule has 3 aromatic rings. The van der Waals surface area contributed by atoms with Gasteiger partial charge in [-0.1, -0.05) is 29.8 Å². The van der Waals surface area contributed by atoms with Crippen molar-refractivity contribution in [2.24, 2.45) is 0 Å². The third kappa shape index (κ3) is 3.47. The SMILES string of the molecule is COc1cccc(-c2nc(COc3ccccc3Cl)cs2)c1OC. The number of hydrogen-bond donors (Lipinski definition) is 0. The van der Waals surface area contributed by atoms with Gasteiger partial charge in [0, 0.05) is 5.38 Å². The number of para-hydroxylation sites is 2. The molecule has 0 saturated carbocycles. The van der Waals surface area contributed by atoms with Crippen molar-refractivity contribution in [3.63, 3.8) is 0 Å². The zero-order valence-electron chi connectivity index (χ0n) is 13.3. The molecule has 4 nitrogen and oxygen atoms in total. The Labute approximate surface area is 149 Å². The number of ether oxygens (including phenoxy) is 3. The summed E-state index contributed by atoms with van der Waals surface area (Å²) in [5, 5.41) is 3.40. The fourth-order valence-electron chi connectivity index (χ4n) is 2.27. The van der Waals surface area contributed by atoms with Gasteiger partial charge in [0.15, 0.2) is 11.5 Å². The largest absolute Gasteiger partial charge is 0.493 e. The highest BCUT2D eigenvalue weighted by molar-refractivity contribution is 7.13. The van der Waals surface area contributed by atoms with Crippen LogP contribution < -0.4 is 14.2 Å². The maximum Gasteiger partial charge on any atom is 0.170 e. The second-order valence-corrected chi connectivity index (χ2v) is 6.17. The summed E-state index contributed by atoms with van der Waals surface area (Å²) in [6, 6.07) is 13.1. The molecule has 0 amide bonds. The van der Waals surface area contributed by atoms with E-state index >= 15 is 0 Å². The van der Waals surface area contributed by atoms with Crippen LogP contribution in [0.15, 0.2) is 47.8 Å². The Kier molecular flexibility index (Phi) is 5.23. The number of rotatable bonds is 6. The van der Waals surface area contributed by atoms with Gasteiger partial charge in [-0.05, 0) is 24.3 Å². The molecule has 0 aliphatic rings. The van der Waals surface area contributed by atoms with E-state index in [4.69, 9.17) is 25.8 Å². The van der Waals surface area contributed by atoms with Crippen LogP contribution in [0.2, 0.25) is 5.02 Å². The fraction of sp³-hybridized carbons (Fsp3) is 0.167. The van der Waals surface area contributed by atoms with E-state index in [0.717, 1.165) is 16.3 Å². The third-order valence-corrected chi connectivity index (χ3v) is 4.63. The van der Waals surface area contributed by atoms with Gasteiger partial charge in [0.1, 0.15) is 17.4 Å². The molecule has 3 rings (SSSR count). The van der Waals surface area contributed by atoms with Gasteiger partial charge in [-0.3, -0.25) is 0 Å². The molecule has 0 bridgehead atoms. The van der Waals surface area contributed by atoms with Crippen LogP contribution in [0.3, 0.4) is 0 Å². The molecule has 0 aliphatic carbocycles. The van der Waals surface area contributed by atoms with Gasteiger partial charge in [0.25, 0.3) is 0 Å². The topological polar surface area (TPSA) is 40.6 Å². The molecule has 2 aromatic carbocycles. The second kappa shape index (κ2) is 7.55. The van der Waals surface area contributed by atoms with E-state index in [1.54, 1.807) is 20.3 Å². The molecule has 0 fully saturated rings. The normalized spacial score (nSPS) is 10.5. The average molecular weight is 362 g/mol. The molecule has 0 atom stereocenters. The molecule has 0 N–H and O–H groups in total. The second-order valence-electron chi connectivity index (χ2n) is 4.90. The number of nitrogens with zero attached hydrogens (tertiary/aromatic N) is 1. The highest BCUT2D eigenvalue weighted by Gasteiger charge is 2.14. The van der Waals surface area contributed by atoms with Crippen molar-refractivity contribution in [2.45, 2.75) is 6.61 Å². The number of aromatic nitrogens is 1. The molecule has 0 spiro atoms. The van der Waals surface area contributed by atoms with Crippen LogP contribution in [0.25, 0.3) is 10.6 Å². The Morgan fingerprint density at radius 2 is 1.79 bits per heavy atom. The predicted molar refractivity (Wildman–Crippen MR) is 96.4 cm³/mol. The first-order chi connectivity index (χ1) is 11.7. The summed E-state index contributed by atoms with van der Waals surface area (Å²) in [7, 11) is 3.24. The van der Waals surface area contributed by atoms with Crippen LogP contribution in [-0.4, -0.2) is 19.2 Å². The summed E-state index contributed by atoms with van der Waals surface area (Å²) >= 11 is 7.62. The van der Waals surface area contributed by atoms with E-state index in [1.807, 2.05) is 41.8 Å². The molecule has 24 heavy (non-hydrogen) atoms. The monoisotopic (exact) mass is 361 g/mol. The van der Waals surface area contributed by atoms with E-state index in [-0.39, 0.29) is 0 Å². The predicted octanol–water partition coefficient (Wildman–Crippen LogP) is 5.06. The van der Waals surface area contributed by atoms with E-state index in [0.29, 0.717) is 28.9 Å². The van der Waals surface area contributed by atoms with Crippen molar-refractivity contribution in [1.82, 2.24) is 4.98 Å². The zero-order chi connectivity index (χ0) is 16.9. The quantitative estimate of drug-likeness (QED) is 0.615. The fourth-order valence-corrected chi connectivity index (χ4v) is 3.28. The molecule has 0 radical (unpaired) electrons. The van der Waals surface area contributed by atoms with Gasteiger partial charge < -0.3 is 14.2 Å². The maximum absolute atomic E-state index is 6.09. The van der Waals surface area contributed by atoms with E-state index in [1.165, 1.54) is 11.3 Å². The van der Waals surface area contributed by atoms with Crippen molar-refractivity contribution in [1.29, 1.82) is 0 Å². The highest BCUT2D eigenvalue weighted by Crippen LogP contribution is 2.39. The van der Waals surface area contributed by atoms with Crippen LogP contribution >= 0.6 is 22.9 Å². The van der Waals surface area contributed by atoms with Crippen molar-refractivity contribution in [3.05, 3.63) is 58.6 Å². The number of methoxy groups -OCH3 is 2. The lowest BCUT2D eigenvalue weighted by atomic mass is 10.2. The Morgan fingerprint density at radius 3 is 2.54 bits per heavy atom. The maximum atomic E-state index is 6.09. The minimum absolute atomic E-state index is 0.354. The van der Waals surface area contributed by atoms with Crippen LogP contribution in [0.1, 0.15) is 5.69 Å². The zero-order valence-corrected chi connectivity index (χ0v) is 14.9. The van der Waals surface area contributed by atoms with Crippen LogP contribution in [0.5, 0.6) is 17.2 Å². The number of halogens is 1. The molecule has 6 heteroatoms. The summed E-state index contributed by atoms with van der Waals surface area (Å²) in [6.07, 6.45) is 0. The van der Waals surface area contributed by atoms with Crippen molar-refractivity contribution in [2.75, 3.05) is 14.2 Å². The van der Waals surface area contributed by atoms with E-state index in [9.17, 15) is 0 Å². The minimum atomic E-state index is 0.354. The van der Waals surface area contributed by atoms with Gasteiger partial charge in [-0.2, -0.15) is 0 Å². The highest BCUT2D eigenvalue weighted by atomic mass is 35.5. The van der Waals surface area contributed by atoms with Crippen molar-refractivity contribution < 1.29 is 14.2 Å². The Morgan fingerprint density at radius 1 is 1.00 bits per heavy atom. The molecule has 1 heterocycles. The molecule has 1 aromatic heterocycles. The standard InChI is InChI=1S/C18H16ClNO3S/c1-21-16-9-5-6-13(17(16)22-2)18-20-12(11-24-18)10-23-15-8-4-3-7-14(15)19/h3-9,11H,10H2,1-2H3. The molecular formula is C18H16ClNO3S. The minimum Gasteiger partial charge on any atom is -0.493 e. The first-order valence-corrected chi connectivity index (χ1v) is 8.51. The summed E-state index contributed by atoms with van der Waals surface area (Å²) in [4.78, 5) is 4.62. The van der Waals surface area contributed by atoms with Gasteiger partial charge in [0.2, 0.25) is 0 Å². The third-order valence-electron chi connectivity index (χ3n) is 3.40. The lowest BCUT2D eigenvalue weighted by molar-refractivity contribution is 0.302. The number of hydrogen-bond acceptors (Lipinski definition) is 5. The van der Waals surface area contributed by atoms with E-state index in [2.05, 4.69) is 4.98 Å². The Bertz CT molecular complexity index is 835. The van der Waals surface area contributed by atoms with Gasteiger partial charge in [0.05, 0.1) is 30.5 Å². The molecule has 124 valence electrons. The molecule has 0 unspecified atom stereocenters. The lowest BCUT2D eigenvalue weighted by Gasteiger charge is -2.10. The molecule has 0 saturated heterocycles. The number of thiazole rings is 1. The summed E-state index contributed by atoms with van der Waals surface area (Å²) in [5.41, 5.74) is 1.73. The van der Waals surface area contributed by atoms with Crippen molar-refractivity contribution in [3.8, 4) is 27.8 Å². The van der Waals surface area contributed by atoms with Crippen LogP contribution in [-0.2, 0) is 6.61 Å².